The first kappa shape index (κ1) is 20.9. The number of hydrogen-bond donors (Lipinski definition) is 1. The average molecular weight is 432 g/mol. The molecule has 1 fully saturated rings. The number of carbonyl (C=O) groups is 1. The average Bonchev–Trinajstić information content (AvgIpc) is 3.39. The number of halogens is 2. The fourth-order valence-corrected chi connectivity index (χ4v) is 2.27. The van der Waals surface area contributed by atoms with Gasteiger partial charge in [-0.1, -0.05) is 34.2 Å². The van der Waals surface area contributed by atoms with E-state index in [4.69, 9.17) is 27.9 Å². The Balaban J connectivity index is 0.000000208. The summed E-state index contributed by atoms with van der Waals surface area (Å²) >= 11 is 10.8. The third kappa shape index (κ3) is 7.37. The number of rotatable bonds is 4. The predicted octanol–water partition coefficient (Wildman–Crippen LogP) is 3.63. The van der Waals surface area contributed by atoms with Gasteiger partial charge in [0, 0.05) is 13.0 Å². The summed E-state index contributed by atoms with van der Waals surface area (Å²) < 4.78 is 29.6. The first-order valence-electron chi connectivity index (χ1n) is 7.61. The lowest BCUT2D eigenvalue weighted by atomic mass is 10.3. The van der Waals surface area contributed by atoms with Crippen LogP contribution in [0.15, 0.2) is 45.4 Å². The molecule has 2 aromatic rings. The van der Waals surface area contributed by atoms with Gasteiger partial charge in [-0.3, -0.25) is 10.00 Å². The summed E-state index contributed by atoms with van der Waals surface area (Å²) in [6.07, 6.45) is 2.13. The zero-order valence-corrected chi connectivity index (χ0v) is 16.4. The molecule has 1 heterocycles. The van der Waals surface area contributed by atoms with Crippen molar-refractivity contribution in [3.05, 3.63) is 46.9 Å². The highest BCUT2D eigenvalue weighted by Crippen LogP contribution is 2.38. The van der Waals surface area contributed by atoms with Gasteiger partial charge in [-0.05, 0) is 36.6 Å². The lowest BCUT2D eigenvalue weighted by molar-refractivity contribution is 0.259. The number of anilines is 1. The molecule has 1 saturated carbocycles. The second-order valence-corrected chi connectivity index (χ2v) is 6.47. The van der Waals surface area contributed by atoms with Crippen LogP contribution in [0.25, 0.3) is 0 Å². The van der Waals surface area contributed by atoms with Crippen molar-refractivity contribution in [2.45, 2.75) is 18.8 Å². The number of nitrogens with one attached hydrogen (secondary N) is 1. The van der Waals surface area contributed by atoms with Crippen molar-refractivity contribution < 1.29 is 17.9 Å². The van der Waals surface area contributed by atoms with Crippen LogP contribution in [0.3, 0.4) is 0 Å². The van der Waals surface area contributed by atoms with Crippen LogP contribution in [0.5, 0.6) is 5.75 Å². The Bertz CT molecular complexity index is 948. The SMILES string of the molecule is ClC=C(Cl)Oc1ccccc1.Cn1nc(NC(=O)N=S(=O)=O)nc1C1CC1. The van der Waals surface area contributed by atoms with E-state index in [0.717, 1.165) is 18.7 Å². The summed E-state index contributed by atoms with van der Waals surface area (Å²) in [6, 6.07) is 8.19. The van der Waals surface area contributed by atoms with Gasteiger partial charge in [-0.2, -0.15) is 13.4 Å². The molecule has 0 spiro atoms. The molecule has 144 valence electrons. The molecule has 12 heteroatoms. The highest BCUT2D eigenvalue weighted by molar-refractivity contribution is 7.62. The van der Waals surface area contributed by atoms with Crippen LogP contribution < -0.4 is 10.1 Å². The maximum absolute atomic E-state index is 11.0. The Morgan fingerprint density at radius 2 is 2.04 bits per heavy atom. The van der Waals surface area contributed by atoms with Crippen molar-refractivity contribution in [1.29, 1.82) is 0 Å². The van der Waals surface area contributed by atoms with Crippen LogP contribution in [0.4, 0.5) is 10.7 Å². The Morgan fingerprint density at radius 3 is 2.59 bits per heavy atom. The summed E-state index contributed by atoms with van der Waals surface area (Å²) in [4.78, 5) is 15.0. The number of carbonyl (C=O) groups excluding carboxylic acids is 1. The Labute approximate surface area is 166 Å². The van der Waals surface area contributed by atoms with E-state index in [0.29, 0.717) is 11.7 Å². The van der Waals surface area contributed by atoms with E-state index in [9.17, 15) is 13.2 Å². The molecule has 1 N–H and O–H groups in total. The number of aromatic nitrogens is 3. The minimum absolute atomic E-state index is 0.0728. The molecular weight excluding hydrogens is 417 g/mol. The topological polar surface area (TPSA) is 116 Å². The fourth-order valence-electron chi connectivity index (χ4n) is 1.96. The monoisotopic (exact) mass is 431 g/mol. The molecule has 1 aliphatic carbocycles. The van der Waals surface area contributed by atoms with E-state index in [2.05, 4.69) is 19.8 Å². The number of urea groups is 1. The van der Waals surface area contributed by atoms with Crippen molar-refractivity contribution in [1.82, 2.24) is 14.8 Å². The second kappa shape index (κ2) is 10.0. The molecule has 2 amide bonds. The zero-order chi connectivity index (χ0) is 19.8. The molecule has 0 bridgehead atoms. The molecule has 1 aromatic heterocycles. The van der Waals surface area contributed by atoms with Gasteiger partial charge in [0.1, 0.15) is 11.6 Å². The van der Waals surface area contributed by atoms with E-state index >= 15 is 0 Å². The zero-order valence-electron chi connectivity index (χ0n) is 14.0. The molecule has 3 rings (SSSR count). The summed E-state index contributed by atoms with van der Waals surface area (Å²) in [6.45, 7) is 0. The van der Waals surface area contributed by atoms with E-state index < -0.39 is 16.5 Å². The predicted molar refractivity (Wildman–Crippen MR) is 100 cm³/mol. The Morgan fingerprint density at radius 1 is 1.37 bits per heavy atom. The maximum Gasteiger partial charge on any atom is 0.362 e. The molecule has 0 radical (unpaired) electrons. The van der Waals surface area contributed by atoms with Gasteiger partial charge >= 0.3 is 16.5 Å². The van der Waals surface area contributed by atoms with Crippen LogP contribution in [-0.4, -0.2) is 29.2 Å². The molecule has 0 saturated heterocycles. The summed E-state index contributed by atoms with van der Waals surface area (Å²) in [7, 11) is -1.04. The summed E-state index contributed by atoms with van der Waals surface area (Å²) in [5, 5.41) is 6.27. The third-order valence-electron chi connectivity index (χ3n) is 3.16. The maximum atomic E-state index is 11.0. The van der Waals surface area contributed by atoms with Gasteiger partial charge in [-0.25, -0.2) is 4.79 Å². The second-order valence-electron chi connectivity index (χ2n) is 5.26. The van der Waals surface area contributed by atoms with Crippen molar-refractivity contribution in [3.63, 3.8) is 0 Å². The van der Waals surface area contributed by atoms with Gasteiger partial charge in [0.2, 0.25) is 5.22 Å². The molecular formula is C15H15Cl2N5O4S. The summed E-state index contributed by atoms with van der Waals surface area (Å²) in [5.74, 6) is 1.94. The highest BCUT2D eigenvalue weighted by atomic mass is 35.5. The molecule has 27 heavy (non-hydrogen) atoms. The number of benzene rings is 1. The lowest BCUT2D eigenvalue weighted by Crippen LogP contribution is -2.07. The number of ether oxygens (including phenoxy) is 1. The van der Waals surface area contributed by atoms with Crippen molar-refractivity contribution in [3.8, 4) is 5.75 Å². The molecule has 1 aromatic carbocycles. The fraction of sp³-hybridized carbons (Fsp3) is 0.267. The van der Waals surface area contributed by atoms with Crippen LogP contribution in [0, 0.1) is 0 Å². The minimum atomic E-state index is -2.76. The highest BCUT2D eigenvalue weighted by Gasteiger charge is 2.29. The van der Waals surface area contributed by atoms with Crippen molar-refractivity contribution >= 4 is 45.7 Å². The number of para-hydroxylation sites is 1. The van der Waals surface area contributed by atoms with Crippen molar-refractivity contribution in [2.24, 2.45) is 11.4 Å². The molecule has 0 unspecified atom stereocenters. The van der Waals surface area contributed by atoms with Crippen molar-refractivity contribution in [2.75, 3.05) is 5.32 Å². The molecule has 1 aliphatic rings. The summed E-state index contributed by atoms with van der Waals surface area (Å²) in [5.41, 5.74) is 1.18. The number of aryl methyl sites for hydroxylation is 1. The molecule has 9 nitrogen and oxygen atoms in total. The largest absolute Gasteiger partial charge is 0.444 e. The van der Waals surface area contributed by atoms with Gasteiger partial charge in [0.15, 0.2) is 0 Å². The number of hydrogen-bond acceptors (Lipinski definition) is 6. The van der Waals surface area contributed by atoms with E-state index in [-0.39, 0.29) is 11.2 Å². The molecule has 0 atom stereocenters. The Kier molecular flexibility index (Phi) is 7.77. The normalized spacial score (nSPS) is 13.2. The first-order chi connectivity index (χ1) is 12.9. The minimum Gasteiger partial charge on any atom is -0.444 e. The van der Waals surface area contributed by atoms with E-state index in [1.165, 1.54) is 5.54 Å². The van der Waals surface area contributed by atoms with Gasteiger partial charge in [-0.15, -0.1) is 5.10 Å². The van der Waals surface area contributed by atoms with Gasteiger partial charge in [0.05, 0.1) is 5.54 Å². The van der Waals surface area contributed by atoms with Crippen LogP contribution >= 0.6 is 23.2 Å². The van der Waals surface area contributed by atoms with Gasteiger partial charge < -0.3 is 4.74 Å². The van der Waals surface area contributed by atoms with Crippen LogP contribution in [0.2, 0.25) is 0 Å². The van der Waals surface area contributed by atoms with Crippen LogP contribution in [-0.2, 0) is 17.5 Å². The third-order valence-corrected chi connectivity index (χ3v) is 3.97. The number of amides is 2. The first-order valence-corrected chi connectivity index (χ1v) is 9.45. The number of nitrogens with zero attached hydrogens (tertiary/aromatic N) is 4. The van der Waals surface area contributed by atoms with Crippen LogP contribution in [0.1, 0.15) is 24.6 Å². The van der Waals surface area contributed by atoms with E-state index in [1.807, 2.05) is 18.2 Å². The van der Waals surface area contributed by atoms with E-state index in [1.54, 1.807) is 23.9 Å². The quantitative estimate of drug-likeness (QED) is 0.738. The molecule has 0 aliphatic heterocycles. The van der Waals surface area contributed by atoms with Gasteiger partial charge in [0.25, 0.3) is 5.95 Å². The lowest BCUT2D eigenvalue weighted by Gasteiger charge is -2.00. The smallest absolute Gasteiger partial charge is 0.362 e. The standard InChI is InChI=1S/C8H6Cl2O.C7H9N5O3S/c9-6-8(10)11-7-4-2-1-3-5-7;1-12-5(4-2-3-4)8-6(10-12)9-7(13)11-16(14)15/h1-6H;4H,2-3H2,1H3,(H,9,10,13). The Hall–Kier alpha value is -2.43.